The summed E-state index contributed by atoms with van der Waals surface area (Å²) in [6.07, 6.45) is 0.569. The van der Waals surface area contributed by atoms with Crippen molar-refractivity contribution in [1.29, 1.82) is 0 Å². The normalized spacial score (nSPS) is 16.7. The first kappa shape index (κ1) is 14.5. The highest BCUT2D eigenvalue weighted by Crippen LogP contribution is 2.28. The lowest BCUT2D eigenvalue weighted by molar-refractivity contribution is -0.119. The molecule has 4 rings (SSSR count). The zero-order chi connectivity index (χ0) is 16.1. The van der Waals surface area contributed by atoms with Gasteiger partial charge in [-0.2, -0.15) is 0 Å². The number of hydrogen-bond acceptors (Lipinski definition) is 4. The fraction of sp³-hybridized carbons (Fsp3) is 0.286. The molecular formula is C14H12Cl2N6O. The van der Waals surface area contributed by atoms with Crippen LogP contribution < -0.4 is 5.32 Å². The van der Waals surface area contributed by atoms with Crippen molar-refractivity contribution in [3.63, 3.8) is 0 Å². The average molecular weight is 351 g/mol. The van der Waals surface area contributed by atoms with Gasteiger partial charge in [-0.05, 0) is 19.1 Å². The molecule has 1 aliphatic rings. The van der Waals surface area contributed by atoms with Gasteiger partial charge in [0, 0.05) is 18.0 Å². The minimum absolute atomic E-state index is 0.115. The number of fused-ring (bicyclic) bond motifs is 2. The van der Waals surface area contributed by atoms with E-state index in [0.29, 0.717) is 40.0 Å². The quantitative estimate of drug-likeness (QED) is 0.743. The number of aromatic amines is 1. The monoisotopic (exact) mass is 350 g/mol. The third-order valence-electron chi connectivity index (χ3n) is 3.96. The molecule has 3 aromatic rings. The predicted octanol–water partition coefficient (Wildman–Crippen LogP) is 2.58. The Kier molecular flexibility index (Phi) is 3.28. The van der Waals surface area contributed by atoms with E-state index in [1.807, 2.05) is 11.5 Å². The molecule has 0 radical (unpaired) electrons. The minimum Gasteiger partial charge on any atom is -0.324 e. The Hall–Kier alpha value is -2.12. The van der Waals surface area contributed by atoms with Gasteiger partial charge in [0.1, 0.15) is 17.2 Å². The van der Waals surface area contributed by atoms with E-state index in [0.717, 1.165) is 11.6 Å². The van der Waals surface area contributed by atoms with E-state index in [-0.39, 0.29) is 11.8 Å². The zero-order valence-electron chi connectivity index (χ0n) is 12.1. The standard InChI is InChI=1S/C14H12Cl2N6O/c1-6-20-21-11-2-7(5-22(6)11)13(23)19-14-17-10-4-8(15)3-9(16)12(10)18-14/h3-4,7H,2,5H2,1H3,(H2,17,18,19,23). The van der Waals surface area contributed by atoms with Crippen LogP contribution in [-0.4, -0.2) is 30.6 Å². The fourth-order valence-corrected chi connectivity index (χ4v) is 3.35. The number of aryl methyl sites for hydroxylation is 1. The van der Waals surface area contributed by atoms with Crippen LogP contribution in [0.2, 0.25) is 10.0 Å². The predicted molar refractivity (Wildman–Crippen MR) is 86.7 cm³/mol. The molecule has 1 aliphatic heterocycles. The molecule has 2 N–H and O–H groups in total. The highest BCUT2D eigenvalue weighted by Gasteiger charge is 2.30. The number of carbonyl (C=O) groups excluding carboxylic acids is 1. The molecule has 1 unspecified atom stereocenters. The summed E-state index contributed by atoms with van der Waals surface area (Å²) in [7, 11) is 0. The van der Waals surface area contributed by atoms with Gasteiger partial charge in [-0.15, -0.1) is 10.2 Å². The molecule has 23 heavy (non-hydrogen) atoms. The number of H-pyrrole nitrogens is 1. The Balaban J connectivity index is 1.54. The number of nitrogens with one attached hydrogen (secondary N) is 2. The highest BCUT2D eigenvalue weighted by atomic mass is 35.5. The van der Waals surface area contributed by atoms with Crippen molar-refractivity contribution in [3.05, 3.63) is 33.8 Å². The highest BCUT2D eigenvalue weighted by molar-refractivity contribution is 6.38. The topological polar surface area (TPSA) is 88.5 Å². The van der Waals surface area contributed by atoms with Crippen molar-refractivity contribution in [3.8, 4) is 0 Å². The molecule has 1 aromatic carbocycles. The summed E-state index contributed by atoms with van der Waals surface area (Å²) in [5, 5.41) is 11.8. The molecule has 0 saturated heterocycles. The summed E-state index contributed by atoms with van der Waals surface area (Å²) >= 11 is 12.1. The van der Waals surface area contributed by atoms with E-state index >= 15 is 0 Å². The van der Waals surface area contributed by atoms with Crippen LogP contribution in [0.25, 0.3) is 11.0 Å². The van der Waals surface area contributed by atoms with Crippen molar-refractivity contribution in [2.45, 2.75) is 19.9 Å². The van der Waals surface area contributed by atoms with Crippen LogP contribution in [0.1, 0.15) is 11.6 Å². The van der Waals surface area contributed by atoms with E-state index < -0.39 is 0 Å². The molecule has 1 atom stereocenters. The number of benzene rings is 1. The van der Waals surface area contributed by atoms with E-state index in [9.17, 15) is 4.79 Å². The number of nitrogens with zero attached hydrogens (tertiary/aromatic N) is 4. The number of imidazole rings is 1. The Morgan fingerprint density at radius 2 is 2.22 bits per heavy atom. The Bertz CT molecular complexity index is 931. The van der Waals surface area contributed by atoms with Crippen LogP contribution in [0.4, 0.5) is 5.95 Å². The molecule has 3 heterocycles. The molecule has 0 bridgehead atoms. The fourth-order valence-electron chi connectivity index (χ4n) is 2.81. The van der Waals surface area contributed by atoms with Crippen LogP contribution in [0.15, 0.2) is 12.1 Å². The van der Waals surface area contributed by atoms with Crippen LogP contribution in [-0.2, 0) is 17.8 Å². The molecule has 7 nitrogen and oxygen atoms in total. The number of aromatic nitrogens is 5. The van der Waals surface area contributed by atoms with Gasteiger partial charge in [-0.3, -0.25) is 10.1 Å². The maximum Gasteiger partial charge on any atom is 0.232 e. The number of anilines is 1. The SMILES string of the molecule is Cc1nnc2n1CC(C(=O)Nc1nc3c(Cl)cc(Cl)cc3[nH]1)C2. The van der Waals surface area contributed by atoms with Gasteiger partial charge in [0.2, 0.25) is 11.9 Å². The lowest BCUT2D eigenvalue weighted by Gasteiger charge is -2.08. The summed E-state index contributed by atoms with van der Waals surface area (Å²) < 4.78 is 1.96. The molecule has 0 saturated carbocycles. The van der Waals surface area contributed by atoms with Gasteiger partial charge in [-0.25, -0.2) is 4.98 Å². The Morgan fingerprint density at radius 3 is 3.00 bits per heavy atom. The zero-order valence-corrected chi connectivity index (χ0v) is 13.6. The molecule has 0 spiro atoms. The first-order valence-corrected chi connectivity index (χ1v) is 7.81. The van der Waals surface area contributed by atoms with Crippen LogP contribution in [0, 0.1) is 12.8 Å². The van der Waals surface area contributed by atoms with Crippen LogP contribution >= 0.6 is 23.2 Å². The van der Waals surface area contributed by atoms with Gasteiger partial charge >= 0.3 is 0 Å². The third-order valence-corrected chi connectivity index (χ3v) is 4.47. The molecule has 0 aliphatic carbocycles. The van der Waals surface area contributed by atoms with Crippen LogP contribution in [0.3, 0.4) is 0 Å². The van der Waals surface area contributed by atoms with Crippen molar-refractivity contribution < 1.29 is 4.79 Å². The first-order chi connectivity index (χ1) is 11.0. The summed E-state index contributed by atoms with van der Waals surface area (Å²) in [6, 6.07) is 3.33. The lowest BCUT2D eigenvalue weighted by atomic mass is 10.1. The molecule has 118 valence electrons. The molecule has 9 heteroatoms. The maximum absolute atomic E-state index is 12.4. The number of carbonyl (C=O) groups is 1. The molecule has 2 aromatic heterocycles. The van der Waals surface area contributed by atoms with Crippen molar-refractivity contribution in [2.75, 3.05) is 5.32 Å². The van der Waals surface area contributed by atoms with Gasteiger partial charge < -0.3 is 9.55 Å². The third kappa shape index (κ3) is 2.46. The van der Waals surface area contributed by atoms with E-state index in [4.69, 9.17) is 23.2 Å². The minimum atomic E-state index is -0.188. The average Bonchev–Trinajstić information content (AvgIpc) is 3.15. The molecule has 1 amide bonds. The van der Waals surface area contributed by atoms with Crippen LogP contribution in [0.5, 0.6) is 0 Å². The summed E-state index contributed by atoms with van der Waals surface area (Å²) in [5.74, 6) is 1.71. The second-order valence-corrected chi connectivity index (χ2v) is 6.38. The number of rotatable bonds is 2. The molecule has 0 fully saturated rings. The summed E-state index contributed by atoms with van der Waals surface area (Å²) in [4.78, 5) is 19.7. The number of amides is 1. The van der Waals surface area contributed by atoms with E-state index in [1.54, 1.807) is 12.1 Å². The summed E-state index contributed by atoms with van der Waals surface area (Å²) in [5.41, 5.74) is 1.25. The Labute approximate surface area is 141 Å². The second-order valence-electron chi connectivity index (χ2n) is 5.53. The van der Waals surface area contributed by atoms with Gasteiger partial charge in [0.15, 0.2) is 0 Å². The maximum atomic E-state index is 12.4. The van der Waals surface area contributed by atoms with Crippen molar-refractivity contribution in [2.24, 2.45) is 5.92 Å². The van der Waals surface area contributed by atoms with E-state index in [2.05, 4.69) is 25.5 Å². The Morgan fingerprint density at radius 1 is 1.39 bits per heavy atom. The lowest BCUT2D eigenvalue weighted by Crippen LogP contribution is -2.24. The second kappa shape index (κ2) is 5.21. The summed E-state index contributed by atoms with van der Waals surface area (Å²) in [6.45, 7) is 2.45. The van der Waals surface area contributed by atoms with Crippen molar-refractivity contribution >= 4 is 46.1 Å². The molecular weight excluding hydrogens is 339 g/mol. The van der Waals surface area contributed by atoms with Gasteiger partial charge in [0.05, 0.1) is 16.5 Å². The first-order valence-electron chi connectivity index (χ1n) is 7.05. The van der Waals surface area contributed by atoms with Gasteiger partial charge in [0.25, 0.3) is 0 Å². The number of halogens is 2. The smallest absolute Gasteiger partial charge is 0.232 e. The van der Waals surface area contributed by atoms with E-state index in [1.165, 1.54) is 0 Å². The largest absolute Gasteiger partial charge is 0.324 e. The van der Waals surface area contributed by atoms with Gasteiger partial charge in [-0.1, -0.05) is 23.2 Å². The van der Waals surface area contributed by atoms with Crippen molar-refractivity contribution in [1.82, 2.24) is 24.7 Å². The number of hydrogen-bond donors (Lipinski definition) is 2.